The third-order valence-corrected chi connectivity index (χ3v) is 5.21. The predicted octanol–water partition coefficient (Wildman–Crippen LogP) is 4.82. The van der Waals surface area contributed by atoms with Crippen LogP contribution < -0.4 is 4.74 Å². The third-order valence-electron chi connectivity index (χ3n) is 5.21. The normalized spacial score (nSPS) is 11.3. The highest BCUT2D eigenvalue weighted by Crippen LogP contribution is 2.20. The Balaban J connectivity index is 1.29. The molecule has 0 fully saturated rings. The smallest absolute Gasteiger partial charge is 0.119 e. The van der Waals surface area contributed by atoms with Gasteiger partial charge in [-0.1, -0.05) is 42.5 Å². The SMILES string of the molecule is Cc1nc2ccccc2n1Cc1cccc(OCCn2ncc3ccccc32)c1. The second-order valence-electron chi connectivity index (χ2n) is 7.16. The number of ether oxygens (including phenoxy) is 1. The second-order valence-corrected chi connectivity index (χ2v) is 7.16. The average molecular weight is 382 g/mol. The van der Waals surface area contributed by atoms with E-state index in [9.17, 15) is 0 Å². The van der Waals surface area contributed by atoms with Crippen molar-refractivity contribution in [3.8, 4) is 5.75 Å². The van der Waals surface area contributed by atoms with Crippen LogP contribution in [-0.2, 0) is 13.1 Å². The van der Waals surface area contributed by atoms with E-state index in [1.54, 1.807) is 0 Å². The first kappa shape index (κ1) is 17.5. The molecule has 0 aliphatic carbocycles. The molecule has 0 aliphatic rings. The fourth-order valence-electron chi connectivity index (χ4n) is 3.77. The van der Waals surface area contributed by atoms with Gasteiger partial charge in [-0.05, 0) is 42.8 Å². The van der Waals surface area contributed by atoms with Gasteiger partial charge < -0.3 is 9.30 Å². The Morgan fingerprint density at radius 1 is 0.897 bits per heavy atom. The third kappa shape index (κ3) is 3.47. The predicted molar refractivity (Wildman–Crippen MR) is 115 cm³/mol. The Kier molecular flexibility index (Phi) is 4.48. The second kappa shape index (κ2) is 7.43. The summed E-state index contributed by atoms with van der Waals surface area (Å²) in [5.41, 5.74) is 4.51. The molecule has 144 valence electrons. The van der Waals surface area contributed by atoms with Crippen molar-refractivity contribution in [1.82, 2.24) is 19.3 Å². The van der Waals surface area contributed by atoms with E-state index in [1.807, 2.05) is 41.2 Å². The molecule has 0 N–H and O–H groups in total. The minimum atomic E-state index is 0.572. The summed E-state index contributed by atoms with van der Waals surface area (Å²) in [6, 6.07) is 24.7. The first-order valence-electron chi connectivity index (χ1n) is 9.82. The fraction of sp³-hybridized carbons (Fsp3) is 0.167. The largest absolute Gasteiger partial charge is 0.492 e. The van der Waals surface area contributed by atoms with Crippen LogP contribution in [0, 0.1) is 6.92 Å². The molecule has 3 aromatic carbocycles. The number of rotatable bonds is 6. The number of imidazole rings is 1. The molecule has 5 aromatic rings. The lowest BCUT2D eigenvalue weighted by molar-refractivity contribution is 0.293. The highest BCUT2D eigenvalue weighted by molar-refractivity contribution is 5.78. The summed E-state index contributed by atoms with van der Waals surface area (Å²) < 4.78 is 10.2. The molecule has 0 bridgehead atoms. The number of nitrogens with zero attached hydrogens (tertiary/aromatic N) is 4. The molecule has 0 amide bonds. The zero-order valence-electron chi connectivity index (χ0n) is 16.3. The van der Waals surface area contributed by atoms with Gasteiger partial charge in [-0.15, -0.1) is 0 Å². The maximum Gasteiger partial charge on any atom is 0.119 e. The summed E-state index contributed by atoms with van der Waals surface area (Å²) >= 11 is 0. The van der Waals surface area contributed by atoms with Gasteiger partial charge in [0.2, 0.25) is 0 Å². The van der Waals surface area contributed by atoms with Crippen LogP contribution in [0.3, 0.4) is 0 Å². The Hall–Kier alpha value is -3.60. The van der Waals surface area contributed by atoms with Crippen LogP contribution in [-0.4, -0.2) is 25.9 Å². The summed E-state index contributed by atoms with van der Waals surface area (Å²) in [6.45, 7) is 4.10. The summed E-state index contributed by atoms with van der Waals surface area (Å²) in [6.07, 6.45) is 1.90. The van der Waals surface area contributed by atoms with Crippen molar-refractivity contribution in [2.45, 2.75) is 20.0 Å². The number of aryl methyl sites for hydroxylation is 1. The first-order chi connectivity index (χ1) is 14.3. The van der Waals surface area contributed by atoms with Crippen molar-refractivity contribution >= 4 is 21.9 Å². The number of fused-ring (bicyclic) bond motifs is 2. The number of hydrogen-bond acceptors (Lipinski definition) is 3. The van der Waals surface area contributed by atoms with Crippen LogP contribution in [0.15, 0.2) is 79.0 Å². The Morgan fingerprint density at radius 2 is 1.72 bits per heavy atom. The fourth-order valence-corrected chi connectivity index (χ4v) is 3.77. The maximum atomic E-state index is 6.02. The van der Waals surface area contributed by atoms with Gasteiger partial charge in [0.05, 0.1) is 29.3 Å². The summed E-state index contributed by atoms with van der Waals surface area (Å²) in [5.74, 6) is 1.89. The quantitative estimate of drug-likeness (QED) is 0.423. The van der Waals surface area contributed by atoms with Crippen LogP contribution in [0.2, 0.25) is 0 Å². The van der Waals surface area contributed by atoms with Gasteiger partial charge in [0.15, 0.2) is 0 Å². The van der Waals surface area contributed by atoms with E-state index in [4.69, 9.17) is 4.74 Å². The highest BCUT2D eigenvalue weighted by atomic mass is 16.5. The zero-order chi connectivity index (χ0) is 19.6. The van der Waals surface area contributed by atoms with Crippen LogP contribution in [0.5, 0.6) is 5.75 Å². The van der Waals surface area contributed by atoms with Crippen molar-refractivity contribution in [1.29, 1.82) is 0 Å². The summed E-state index contributed by atoms with van der Waals surface area (Å²) in [5, 5.41) is 5.61. The lowest BCUT2D eigenvalue weighted by Crippen LogP contribution is -2.09. The van der Waals surface area contributed by atoms with Crippen molar-refractivity contribution in [3.63, 3.8) is 0 Å². The molecule has 0 saturated heterocycles. The molecule has 0 atom stereocenters. The monoisotopic (exact) mass is 382 g/mol. The van der Waals surface area contributed by atoms with Crippen LogP contribution in [0.1, 0.15) is 11.4 Å². The minimum absolute atomic E-state index is 0.572. The molecular weight excluding hydrogens is 360 g/mol. The highest BCUT2D eigenvalue weighted by Gasteiger charge is 2.08. The molecule has 0 aliphatic heterocycles. The van der Waals surface area contributed by atoms with Gasteiger partial charge in [0, 0.05) is 11.9 Å². The zero-order valence-corrected chi connectivity index (χ0v) is 16.3. The van der Waals surface area contributed by atoms with Crippen LogP contribution >= 0.6 is 0 Å². The summed E-state index contributed by atoms with van der Waals surface area (Å²) in [7, 11) is 0. The van der Waals surface area contributed by atoms with E-state index in [2.05, 4.69) is 64.0 Å². The molecule has 29 heavy (non-hydrogen) atoms. The molecular formula is C24H22N4O. The molecule has 2 heterocycles. The van der Waals surface area contributed by atoms with Crippen molar-refractivity contribution in [2.24, 2.45) is 0 Å². The molecule has 0 saturated carbocycles. The molecule has 2 aromatic heterocycles. The van der Waals surface area contributed by atoms with Crippen LogP contribution in [0.25, 0.3) is 21.9 Å². The molecule has 0 unspecified atom stereocenters. The molecule has 5 rings (SSSR count). The van der Waals surface area contributed by atoms with Crippen molar-refractivity contribution in [2.75, 3.05) is 6.61 Å². The van der Waals surface area contributed by atoms with Crippen LogP contribution in [0.4, 0.5) is 0 Å². The topological polar surface area (TPSA) is 44.9 Å². The Bertz CT molecular complexity index is 1280. The van der Waals surface area contributed by atoms with Gasteiger partial charge in [-0.2, -0.15) is 5.10 Å². The van der Waals surface area contributed by atoms with E-state index < -0.39 is 0 Å². The van der Waals surface area contributed by atoms with Gasteiger partial charge >= 0.3 is 0 Å². The molecule has 0 spiro atoms. The lowest BCUT2D eigenvalue weighted by atomic mass is 10.2. The Labute approximate surface area is 169 Å². The number of para-hydroxylation sites is 3. The van der Waals surface area contributed by atoms with E-state index in [1.165, 1.54) is 5.56 Å². The standard InChI is InChI=1S/C24H22N4O/c1-18-26-22-10-3-5-12-24(22)27(18)17-19-7-6-9-21(15-19)29-14-13-28-23-11-4-2-8-20(23)16-25-28/h2-12,15-16H,13-14,17H2,1H3. The number of hydrogen-bond donors (Lipinski definition) is 0. The van der Waals surface area contributed by atoms with E-state index in [0.29, 0.717) is 13.2 Å². The van der Waals surface area contributed by atoms with Gasteiger partial charge in [-0.3, -0.25) is 4.68 Å². The summed E-state index contributed by atoms with van der Waals surface area (Å²) in [4.78, 5) is 4.66. The van der Waals surface area contributed by atoms with Gasteiger partial charge in [0.1, 0.15) is 18.2 Å². The van der Waals surface area contributed by atoms with Crippen molar-refractivity contribution in [3.05, 3.63) is 90.4 Å². The first-order valence-corrected chi connectivity index (χ1v) is 9.82. The van der Waals surface area contributed by atoms with Crippen molar-refractivity contribution < 1.29 is 4.74 Å². The maximum absolute atomic E-state index is 6.02. The Morgan fingerprint density at radius 3 is 2.66 bits per heavy atom. The molecule has 5 heteroatoms. The minimum Gasteiger partial charge on any atom is -0.492 e. The van der Waals surface area contributed by atoms with E-state index in [0.717, 1.165) is 40.1 Å². The van der Waals surface area contributed by atoms with Gasteiger partial charge in [0.25, 0.3) is 0 Å². The van der Waals surface area contributed by atoms with Gasteiger partial charge in [-0.25, -0.2) is 4.98 Å². The van der Waals surface area contributed by atoms with E-state index in [-0.39, 0.29) is 0 Å². The van der Waals surface area contributed by atoms with E-state index >= 15 is 0 Å². The lowest BCUT2D eigenvalue weighted by Gasteiger charge is -2.11. The number of benzene rings is 3. The number of aromatic nitrogens is 4. The molecule has 0 radical (unpaired) electrons. The average Bonchev–Trinajstić information content (AvgIpc) is 3.30. The molecule has 5 nitrogen and oxygen atoms in total.